The molecule has 1 amide bonds. The summed E-state index contributed by atoms with van der Waals surface area (Å²) in [6, 6.07) is 8.28. The average molecular weight is 332 g/mol. The quantitative estimate of drug-likeness (QED) is 0.749. The summed E-state index contributed by atoms with van der Waals surface area (Å²) in [5.74, 6) is 0.195. The lowest BCUT2D eigenvalue weighted by molar-refractivity contribution is -0.120. The summed E-state index contributed by atoms with van der Waals surface area (Å²) in [5, 5.41) is 13.0. The number of thioether (sulfide) groups is 1. The Morgan fingerprint density at radius 1 is 1.30 bits per heavy atom. The minimum atomic E-state index is -0.318. The van der Waals surface area contributed by atoms with Crippen molar-refractivity contribution in [1.82, 2.24) is 5.32 Å². The number of hydrogen-bond acceptors (Lipinski definition) is 3. The van der Waals surface area contributed by atoms with Crippen molar-refractivity contribution in [3.8, 4) is 6.07 Å². The van der Waals surface area contributed by atoms with E-state index in [2.05, 4.69) is 18.3 Å². The minimum absolute atomic E-state index is 0.0885. The van der Waals surface area contributed by atoms with E-state index in [9.17, 15) is 14.4 Å². The van der Waals surface area contributed by atoms with Crippen LogP contribution < -0.4 is 5.32 Å². The third-order valence-electron chi connectivity index (χ3n) is 3.87. The van der Waals surface area contributed by atoms with E-state index in [-0.39, 0.29) is 24.1 Å². The van der Waals surface area contributed by atoms with Gasteiger partial charge >= 0.3 is 0 Å². The van der Waals surface area contributed by atoms with Crippen LogP contribution in [0.1, 0.15) is 50.5 Å². The minimum Gasteiger partial charge on any atom is -0.320 e. The molecule has 0 bridgehead atoms. The molecular formula is C18H21FN2OS. The summed E-state index contributed by atoms with van der Waals surface area (Å²) in [6.07, 6.45) is 4.84. The highest BCUT2D eigenvalue weighted by atomic mass is 32.2. The van der Waals surface area contributed by atoms with E-state index in [0.29, 0.717) is 10.6 Å². The fraction of sp³-hybridized carbons (Fsp3) is 0.444. The maximum Gasteiger partial charge on any atom is 0.225 e. The van der Waals surface area contributed by atoms with Crippen LogP contribution in [0.25, 0.3) is 0 Å². The molecular weight excluding hydrogens is 311 g/mol. The van der Waals surface area contributed by atoms with Gasteiger partial charge in [-0.05, 0) is 29.9 Å². The van der Waals surface area contributed by atoms with Gasteiger partial charge in [-0.15, -0.1) is 11.8 Å². The molecule has 1 heterocycles. The van der Waals surface area contributed by atoms with Crippen molar-refractivity contribution in [2.45, 2.75) is 44.9 Å². The molecule has 1 aromatic carbocycles. The molecule has 5 heteroatoms. The van der Waals surface area contributed by atoms with Crippen molar-refractivity contribution >= 4 is 17.7 Å². The number of nitrogens with one attached hydrogen (secondary N) is 1. The molecule has 0 spiro atoms. The Labute approximate surface area is 141 Å². The van der Waals surface area contributed by atoms with E-state index in [1.165, 1.54) is 36.7 Å². The highest BCUT2D eigenvalue weighted by Crippen LogP contribution is 2.36. The number of nitriles is 1. The van der Waals surface area contributed by atoms with Gasteiger partial charge in [0.1, 0.15) is 5.82 Å². The number of halogens is 1. The standard InChI is InChI=1S/C18H21FN2OS/c1-2-3-4-5-10-23-18-16(12-20)15(11-17(22)21-18)13-6-8-14(19)9-7-13/h6-9,15H,2-5,10-11H2,1H3,(H,21,22)/t15-/m1/s1. The first-order chi connectivity index (χ1) is 11.2. The fourth-order valence-electron chi connectivity index (χ4n) is 2.62. The van der Waals surface area contributed by atoms with Crippen LogP contribution in [0.2, 0.25) is 0 Å². The summed E-state index contributed by atoms with van der Waals surface area (Å²) >= 11 is 1.54. The number of allylic oxidation sites excluding steroid dienone is 1. The SMILES string of the molecule is CCCCCCSC1=C(C#N)[C@@H](c2ccc(F)cc2)CC(=O)N1. The van der Waals surface area contributed by atoms with Gasteiger partial charge in [-0.1, -0.05) is 38.3 Å². The van der Waals surface area contributed by atoms with Crippen molar-refractivity contribution < 1.29 is 9.18 Å². The average Bonchev–Trinajstić information content (AvgIpc) is 2.55. The number of unbranched alkanes of at least 4 members (excludes halogenated alkanes) is 3. The van der Waals surface area contributed by atoms with Crippen LogP contribution in [-0.4, -0.2) is 11.7 Å². The van der Waals surface area contributed by atoms with E-state index < -0.39 is 0 Å². The van der Waals surface area contributed by atoms with Gasteiger partial charge in [0.05, 0.1) is 16.7 Å². The molecule has 0 unspecified atom stereocenters. The Hall–Kier alpha value is -1.80. The third kappa shape index (κ3) is 4.84. The third-order valence-corrected chi connectivity index (χ3v) is 4.98. The second-order valence-corrected chi connectivity index (χ2v) is 6.73. The van der Waals surface area contributed by atoms with Gasteiger partial charge in [-0.2, -0.15) is 5.26 Å². The predicted octanol–water partition coefficient (Wildman–Crippen LogP) is 4.48. The summed E-state index contributed by atoms with van der Waals surface area (Å²) in [7, 11) is 0. The second-order valence-electron chi connectivity index (χ2n) is 5.62. The Morgan fingerprint density at radius 3 is 2.70 bits per heavy atom. The topological polar surface area (TPSA) is 52.9 Å². The van der Waals surface area contributed by atoms with Crippen LogP contribution in [0.4, 0.5) is 4.39 Å². The van der Waals surface area contributed by atoms with Crippen LogP contribution in [0.15, 0.2) is 34.9 Å². The normalized spacial score (nSPS) is 17.8. The van der Waals surface area contributed by atoms with Gasteiger partial charge in [0.2, 0.25) is 5.91 Å². The van der Waals surface area contributed by atoms with Gasteiger partial charge in [0.15, 0.2) is 0 Å². The van der Waals surface area contributed by atoms with Crippen molar-refractivity contribution in [3.05, 3.63) is 46.2 Å². The molecule has 1 atom stereocenters. The van der Waals surface area contributed by atoms with Crippen molar-refractivity contribution in [1.29, 1.82) is 5.26 Å². The molecule has 0 saturated carbocycles. The Morgan fingerprint density at radius 2 is 2.04 bits per heavy atom. The molecule has 1 aromatic rings. The molecule has 1 N–H and O–H groups in total. The number of nitrogens with zero attached hydrogens (tertiary/aromatic N) is 1. The van der Waals surface area contributed by atoms with Crippen molar-refractivity contribution in [2.24, 2.45) is 0 Å². The zero-order valence-corrected chi connectivity index (χ0v) is 14.1. The monoisotopic (exact) mass is 332 g/mol. The van der Waals surface area contributed by atoms with Crippen LogP contribution in [0.3, 0.4) is 0 Å². The van der Waals surface area contributed by atoms with E-state index in [1.807, 2.05) is 0 Å². The maximum absolute atomic E-state index is 13.1. The van der Waals surface area contributed by atoms with Crippen LogP contribution in [0.5, 0.6) is 0 Å². The highest BCUT2D eigenvalue weighted by Gasteiger charge is 2.29. The van der Waals surface area contributed by atoms with Gasteiger partial charge < -0.3 is 5.32 Å². The summed E-state index contributed by atoms with van der Waals surface area (Å²) in [6.45, 7) is 2.16. The molecule has 1 aliphatic rings. The summed E-state index contributed by atoms with van der Waals surface area (Å²) < 4.78 is 13.1. The Balaban J connectivity index is 2.14. The van der Waals surface area contributed by atoms with Gasteiger partial charge in [0.25, 0.3) is 0 Å². The molecule has 1 aliphatic heterocycles. The van der Waals surface area contributed by atoms with E-state index >= 15 is 0 Å². The van der Waals surface area contributed by atoms with Crippen LogP contribution >= 0.6 is 11.8 Å². The highest BCUT2D eigenvalue weighted by molar-refractivity contribution is 8.03. The number of amides is 1. The fourth-order valence-corrected chi connectivity index (χ4v) is 3.70. The number of carbonyl (C=O) groups excluding carboxylic acids is 1. The Bertz CT molecular complexity index is 619. The molecule has 0 radical (unpaired) electrons. The summed E-state index contributed by atoms with van der Waals surface area (Å²) in [5.41, 5.74) is 1.39. The first-order valence-electron chi connectivity index (χ1n) is 7.98. The summed E-state index contributed by atoms with van der Waals surface area (Å²) in [4.78, 5) is 12.0. The van der Waals surface area contributed by atoms with E-state index in [0.717, 1.165) is 24.2 Å². The molecule has 3 nitrogen and oxygen atoms in total. The maximum atomic E-state index is 13.1. The molecule has 0 fully saturated rings. The predicted molar refractivity (Wildman–Crippen MR) is 91.1 cm³/mol. The zero-order chi connectivity index (χ0) is 16.7. The van der Waals surface area contributed by atoms with Crippen LogP contribution in [0, 0.1) is 17.1 Å². The number of hydrogen-bond donors (Lipinski definition) is 1. The lowest BCUT2D eigenvalue weighted by atomic mass is 9.87. The molecule has 23 heavy (non-hydrogen) atoms. The largest absolute Gasteiger partial charge is 0.320 e. The van der Waals surface area contributed by atoms with E-state index in [1.54, 1.807) is 12.1 Å². The molecule has 0 aromatic heterocycles. The second kappa shape index (κ2) is 8.73. The molecule has 2 rings (SSSR count). The lowest BCUT2D eigenvalue weighted by Crippen LogP contribution is -2.30. The zero-order valence-electron chi connectivity index (χ0n) is 13.3. The van der Waals surface area contributed by atoms with E-state index in [4.69, 9.17) is 0 Å². The van der Waals surface area contributed by atoms with Gasteiger partial charge in [-0.3, -0.25) is 4.79 Å². The first-order valence-corrected chi connectivity index (χ1v) is 8.96. The number of rotatable bonds is 7. The smallest absolute Gasteiger partial charge is 0.225 e. The van der Waals surface area contributed by atoms with Crippen LogP contribution in [-0.2, 0) is 4.79 Å². The Kier molecular flexibility index (Phi) is 6.66. The number of carbonyl (C=O) groups is 1. The molecule has 0 aliphatic carbocycles. The molecule has 122 valence electrons. The first kappa shape index (κ1) is 17.6. The van der Waals surface area contributed by atoms with Gasteiger partial charge in [-0.25, -0.2) is 4.39 Å². The number of benzene rings is 1. The van der Waals surface area contributed by atoms with Crippen molar-refractivity contribution in [3.63, 3.8) is 0 Å². The molecule has 0 saturated heterocycles. The lowest BCUT2D eigenvalue weighted by Gasteiger charge is -2.25. The van der Waals surface area contributed by atoms with Gasteiger partial charge in [0, 0.05) is 12.3 Å². The van der Waals surface area contributed by atoms with Crippen molar-refractivity contribution in [2.75, 3.05) is 5.75 Å².